The molecule has 0 aliphatic heterocycles. The molecule has 1 N–H and O–H groups in total. The van der Waals surface area contributed by atoms with Crippen molar-refractivity contribution in [1.29, 1.82) is 0 Å². The summed E-state index contributed by atoms with van der Waals surface area (Å²) in [4.78, 5) is 38.2. The van der Waals surface area contributed by atoms with Crippen LogP contribution in [0.25, 0.3) is 0 Å². The van der Waals surface area contributed by atoms with E-state index in [1.807, 2.05) is 13.8 Å². The van der Waals surface area contributed by atoms with Crippen LogP contribution in [0.5, 0.6) is 0 Å². The fourth-order valence-corrected chi connectivity index (χ4v) is 6.11. The average molecular weight is 364 g/mol. The number of ketones is 2. The number of hydrogen-bond acceptors (Lipinski definition) is 5. The number of esters is 1. The van der Waals surface area contributed by atoms with Gasteiger partial charge in [0, 0.05) is 12.8 Å². The normalized spacial score (nSPS) is 42.2. The Morgan fingerprint density at radius 1 is 1.19 bits per heavy atom. The van der Waals surface area contributed by atoms with Crippen molar-refractivity contribution < 1.29 is 24.2 Å². The van der Waals surface area contributed by atoms with Crippen LogP contribution in [-0.2, 0) is 19.1 Å². The van der Waals surface area contributed by atoms with Crippen LogP contribution in [0.3, 0.4) is 0 Å². The van der Waals surface area contributed by atoms with Gasteiger partial charge in [0.15, 0.2) is 5.78 Å². The maximum Gasteiger partial charge on any atom is 0.302 e. The summed E-state index contributed by atoms with van der Waals surface area (Å²) in [5, 5.41) is 10.6. The maximum atomic E-state index is 13.3. The van der Waals surface area contributed by atoms with Crippen LogP contribution in [0, 0.1) is 40.9 Å². The van der Waals surface area contributed by atoms with Gasteiger partial charge in [-0.15, -0.1) is 0 Å². The summed E-state index contributed by atoms with van der Waals surface area (Å²) in [6.07, 6.45) is 1.85. The first-order chi connectivity index (χ1) is 12.1. The summed E-state index contributed by atoms with van der Waals surface area (Å²) in [7, 11) is 0. The first-order valence-corrected chi connectivity index (χ1v) is 9.99. The maximum absolute atomic E-state index is 13.3. The number of carbonyl (C=O) groups excluding carboxylic acids is 3. The standard InChI is InChI=1S/C21H32O5/c1-10(2)15-18(23)17-14(26-11(3)22)9-13-12(7-6-8-21(13,4)5)16(17)20(25)19(15)24/h10,12-17,19,24H,6-9H2,1-5H3/t12-,13-,14+,15-,16-,17+,19+/m1/s1. The molecule has 146 valence electrons. The number of ether oxygens (including phenoxy) is 1. The number of Topliss-reactive ketones (excluding diaryl/α,β-unsaturated/α-hetero) is 2. The molecule has 0 bridgehead atoms. The average Bonchev–Trinajstić information content (AvgIpc) is 2.51. The Balaban J connectivity index is 2.05. The number of rotatable bonds is 2. The molecule has 0 aromatic carbocycles. The molecule has 0 radical (unpaired) electrons. The molecule has 0 spiro atoms. The van der Waals surface area contributed by atoms with Gasteiger partial charge in [-0.3, -0.25) is 14.4 Å². The second kappa shape index (κ2) is 6.74. The van der Waals surface area contributed by atoms with Crippen molar-refractivity contribution in [2.24, 2.45) is 40.9 Å². The zero-order chi connectivity index (χ0) is 19.4. The van der Waals surface area contributed by atoms with E-state index in [1.165, 1.54) is 6.92 Å². The van der Waals surface area contributed by atoms with E-state index in [2.05, 4.69) is 13.8 Å². The first-order valence-electron chi connectivity index (χ1n) is 9.99. The number of carbonyl (C=O) groups is 3. The molecule has 0 aromatic heterocycles. The highest BCUT2D eigenvalue weighted by molar-refractivity contribution is 6.01. The summed E-state index contributed by atoms with van der Waals surface area (Å²) < 4.78 is 5.59. The van der Waals surface area contributed by atoms with E-state index < -0.39 is 35.9 Å². The molecule has 3 aliphatic carbocycles. The molecule has 3 rings (SSSR count). The summed E-state index contributed by atoms with van der Waals surface area (Å²) in [6, 6.07) is 0. The molecule has 26 heavy (non-hydrogen) atoms. The molecule has 7 atom stereocenters. The van der Waals surface area contributed by atoms with Gasteiger partial charge in [-0.2, -0.15) is 0 Å². The molecule has 0 aromatic rings. The quantitative estimate of drug-likeness (QED) is 0.762. The fraction of sp³-hybridized carbons (Fsp3) is 0.857. The Morgan fingerprint density at radius 3 is 2.42 bits per heavy atom. The zero-order valence-corrected chi connectivity index (χ0v) is 16.5. The minimum atomic E-state index is -1.23. The van der Waals surface area contributed by atoms with Gasteiger partial charge in [0.05, 0.1) is 11.8 Å². The lowest BCUT2D eigenvalue weighted by molar-refractivity contribution is -0.184. The first kappa shape index (κ1) is 19.5. The minimum Gasteiger partial charge on any atom is -0.462 e. The van der Waals surface area contributed by atoms with Gasteiger partial charge in [0.1, 0.15) is 18.0 Å². The summed E-state index contributed by atoms with van der Waals surface area (Å²) in [6.45, 7) is 9.48. The predicted molar refractivity (Wildman–Crippen MR) is 96.1 cm³/mol. The second-order valence-electron chi connectivity index (χ2n) is 9.61. The van der Waals surface area contributed by atoms with Crippen molar-refractivity contribution in [1.82, 2.24) is 0 Å². The van der Waals surface area contributed by atoms with E-state index in [-0.39, 0.29) is 34.7 Å². The number of hydrogen-bond donors (Lipinski definition) is 1. The highest BCUT2D eigenvalue weighted by atomic mass is 16.5. The fourth-order valence-electron chi connectivity index (χ4n) is 6.11. The van der Waals surface area contributed by atoms with Crippen LogP contribution in [0.4, 0.5) is 0 Å². The smallest absolute Gasteiger partial charge is 0.302 e. The number of fused-ring (bicyclic) bond motifs is 3. The highest BCUT2D eigenvalue weighted by Crippen LogP contribution is 2.57. The Labute approximate surface area is 155 Å². The van der Waals surface area contributed by atoms with Crippen molar-refractivity contribution in [3.05, 3.63) is 0 Å². The van der Waals surface area contributed by atoms with Crippen molar-refractivity contribution >= 4 is 17.5 Å². The minimum absolute atomic E-state index is 0.0372. The van der Waals surface area contributed by atoms with Crippen LogP contribution in [0.2, 0.25) is 0 Å². The van der Waals surface area contributed by atoms with Crippen LogP contribution >= 0.6 is 0 Å². The summed E-state index contributed by atoms with van der Waals surface area (Å²) >= 11 is 0. The van der Waals surface area contributed by atoms with Crippen LogP contribution in [0.1, 0.15) is 60.3 Å². The van der Waals surface area contributed by atoms with Crippen molar-refractivity contribution in [3.63, 3.8) is 0 Å². The van der Waals surface area contributed by atoms with E-state index >= 15 is 0 Å². The van der Waals surface area contributed by atoms with E-state index in [0.29, 0.717) is 6.42 Å². The van der Waals surface area contributed by atoms with Gasteiger partial charge in [-0.05, 0) is 42.4 Å². The van der Waals surface area contributed by atoms with E-state index in [9.17, 15) is 19.5 Å². The SMILES string of the molecule is CC(=O)O[C@H]1C[C@@H]2[C@@H](CCCC2(C)C)[C@H]2C(=O)[C@@H](O)[C@H](C(C)C)C(=O)[C@H]21. The molecule has 0 heterocycles. The van der Waals surface area contributed by atoms with Gasteiger partial charge in [-0.1, -0.05) is 34.1 Å². The van der Waals surface area contributed by atoms with E-state index in [4.69, 9.17) is 4.74 Å². The molecular weight excluding hydrogens is 332 g/mol. The second-order valence-corrected chi connectivity index (χ2v) is 9.61. The Hall–Kier alpha value is -1.23. The van der Waals surface area contributed by atoms with Crippen molar-refractivity contribution in [3.8, 4) is 0 Å². The lowest BCUT2D eigenvalue weighted by atomic mass is 9.49. The van der Waals surface area contributed by atoms with Crippen LogP contribution < -0.4 is 0 Å². The third kappa shape index (κ3) is 3.02. The zero-order valence-electron chi connectivity index (χ0n) is 16.5. The Morgan fingerprint density at radius 2 is 1.85 bits per heavy atom. The monoisotopic (exact) mass is 364 g/mol. The van der Waals surface area contributed by atoms with Gasteiger partial charge in [0.2, 0.25) is 0 Å². The van der Waals surface area contributed by atoms with Crippen molar-refractivity contribution in [2.75, 3.05) is 0 Å². The molecule has 0 amide bonds. The van der Waals surface area contributed by atoms with Crippen LogP contribution in [0.15, 0.2) is 0 Å². The molecule has 5 heteroatoms. The molecule has 0 saturated heterocycles. The predicted octanol–water partition coefficient (Wildman–Crippen LogP) is 2.78. The number of aliphatic hydroxyl groups is 1. The van der Waals surface area contributed by atoms with Gasteiger partial charge < -0.3 is 9.84 Å². The van der Waals surface area contributed by atoms with Crippen LogP contribution in [-0.4, -0.2) is 34.9 Å². The third-order valence-corrected chi connectivity index (χ3v) is 7.27. The topological polar surface area (TPSA) is 80.7 Å². The Kier molecular flexibility index (Phi) is 5.06. The largest absolute Gasteiger partial charge is 0.462 e. The Bertz CT molecular complexity index is 608. The van der Waals surface area contributed by atoms with E-state index in [0.717, 1.165) is 19.3 Å². The third-order valence-electron chi connectivity index (χ3n) is 7.27. The van der Waals surface area contributed by atoms with Gasteiger partial charge >= 0.3 is 5.97 Å². The molecule has 3 aliphatic rings. The lowest BCUT2D eigenvalue weighted by Gasteiger charge is -2.56. The molecule has 5 nitrogen and oxygen atoms in total. The highest BCUT2D eigenvalue weighted by Gasteiger charge is 2.61. The molecular formula is C21H32O5. The molecule has 0 unspecified atom stereocenters. The molecule has 3 saturated carbocycles. The van der Waals surface area contributed by atoms with Crippen molar-refractivity contribution in [2.45, 2.75) is 72.5 Å². The van der Waals surface area contributed by atoms with Gasteiger partial charge in [0.25, 0.3) is 0 Å². The van der Waals surface area contributed by atoms with E-state index in [1.54, 1.807) is 0 Å². The molecule has 3 fully saturated rings. The number of aliphatic hydroxyl groups excluding tert-OH is 1. The summed E-state index contributed by atoms with van der Waals surface area (Å²) in [5.41, 5.74) is 0.0372. The lowest BCUT2D eigenvalue weighted by Crippen LogP contribution is -2.63. The van der Waals surface area contributed by atoms with Gasteiger partial charge in [-0.25, -0.2) is 0 Å². The summed E-state index contributed by atoms with van der Waals surface area (Å²) in [5.74, 6) is -2.34.